The van der Waals surface area contributed by atoms with E-state index in [-0.39, 0.29) is 11.8 Å². The first kappa shape index (κ1) is 16.2. The van der Waals surface area contributed by atoms with Crippen LogP contribution in [0.4, 0.5) is 0 Å². The van der Waals surface area contributed by atoms with Gasteiger partial charge in [-0.3, -0.25) is 14.5 Å². The minimum absolute atomic E-state index is 0.0508. The van der Waals surface area contributed by atoms with Crippen LogP contribution in [-0.4, -0.2) is 60.9 Å². The van der Waals surface area contributed by atoms with Gasteiger partial charge in [-0.15, -0.1) is 0 Å². The van der Waals surface area contributed by atoms with Gasteiger partial charge < -0.3 is 10.2 Å². The fourth-order valence-electron chi connectivity index (χ4n) is 2.37. The lowest BCUT2D eigenvalue weighted by Gasteiger charge is -2.34. The Morgan fingerprint density at radius 3 is 2.48 bits per heavy atom. The van der Waals surface area contributed by atoms with E-state index in [0.717, 1.165) is 22.2 Å². The van der Waals surface area contributed by atoms with Gasteiger partial charge in [-0.05, 0) is 41.6 Å². The molecule has 114 valence electrons. The molecule has 1 aromatic carbocycles. The van der Waals surface area contributed by atoms with E-state index in [2.05, 4.69) is 32.8 Å². The number of carbonyl (C=O) groups is 2. The molecule has 0 bridgehead atoms. The van der Waals surface area contributed by atoms with E-state index < -0.39 is 0 Å². The van der Waals surface area contributed by atoms with E-state index in [9.17, 15) is 9.59 Å². The predicted molar refractivity (Wildman–Crippen MR) is 90.2 cm³/mol. The summed E-state index contributed by atoms with van der Waals surface area (Å²) in [6.07, 6.45) is 0. The van der Waals surface area contributed by atoms with Crippen LogP contribution in [0.5, 0.6) is 0 Å². The molecule has 0 saturated carbocycles. The zero-order valence-corrected chi connectivity index (χ0v) is 14.3. The Bertz CT molecular complexity index is 513. The third-order valence-corrected chi connectivity index (χ3v) is 4.45. The Kier molecular flexibility index (Phi) is 5.98. The molecule has 1 fully saturated rings. The summed E-state index contributed by atoms with van der Waals surface area (Å²) < 4.78 is 0.977. The normalized spacial score (nSPS) is 15.8. The van der Waals surface area contributed by atoms with Crippen LogP contribution in [0.15, 0.2) is 24.3 Å². The number of carbonyl (C=O) groups excluding carboxylic acids is 2. The van der Waals surface area contributed by atoms with E-state index in [1.54, 1.807) is 0 Å². The number of hydrogen-bond acceptors (Lipinski definition) is 3. The van der Waals surface area contributed by atoms with E-state index in [4.69, 9.17) is 0 Å². The van der Waals surface area contributed by atoms with Crippen LogP contribution in [0.25, 0.3) is 0 Å². The second-order valence-corrected chi connectivity index (χ2v) is 6.16. The third kappa shape index (κ3) is 4.41. The summed E-state index contributed by atoms with van der Waals surface area (Å²) in [6.45, 7) is 5.81. The van der Waals surface area contributed by atoms with Crippen molar-refractivity contribution >= 4 is 34.4 Å². The molecule has 0 atom stereocenters. The summed E-state index contributed by atoms with van der Waals surface area (Å²) >= 11 is 2.19. The van der Waals surface area contributed by atoms with Crippen LogP contribution in [-0.2, 0) is 4.79 Å². The zero-order chi connectivity index (χ0) is 15.2. The van der Waals surface area contributed by atoms with Crippen LogP contribution >= 0.6 is 22.6 Å². The largest absolute Gasteiger partial charge is 0.355 e. The monoisotopic (exact) mass is 401 g/mol. The molecule has 2 rings (SSSR count). The van der Waals surface area contributed by atoms with Gasteiger partial charge in [0.25, 0.3) is 5.91 Å². The lowest BCUT2D eigenvalue weighted by atomic mass is 10.2. The fraction of sp³-hybridized carbons (Fsp3) is 0.467. The second kappa shape index (κ2) is 7.74. The average molecular weight is 401 g/mol. The van der Waals surface area contributed by atoms with Gasteiger partial charge >= 0.3 is 0 Å². The van der Waals surface area contributed by atoms with Crippen molar-refractivity contribution in [2.75, 3.05) is 39.3 Å². The molecule has 0 spiro atoms. The van der Waals surface area contributed by atoms with E-state index in [1.807, 2.05) is 36.1 Å². The summed E-state index contributed by atoms with van der Waals surface area (Å²) in [5.74, 6) is 0.132. The molecule has 2 amide bonds. The summed E-state index contributed by atoms with van der Waals surface area (Å²) in [5.41, 5.74) is 0.760. The Morgan fingerprint density at radius 1 is 1.19 bits per heavy atom. The fourth-order valence-corrected chi connectivity index (χ4v) is 2.99. The topological polar surface area (TPSA) is 52.7 Å². The van der Waals surface area contributed by atoms with Crippen molar-refractivity contribution in [3.63, 3.8) is 0 Å². The van der Waals surface area contributed by atoms with Gasteiger partial charge in [-0.25, -0.2) is 0 Å². The lowest BCUT2D eigenvalue weighted by molar-refractivity contribution is -0.122. The first-order valence-corrected chi connectivity index (χ1v) is 8.22. The molecule has 0 aliphatic carbocycles. The number of hydrogen-bond donors (Lipinski definition) is 1. The maximum absolute atomic E-state index is 12.5. The molecule has 0 aromatic heterocycles. The number of likely N-dealkylation sites (N-methyl/N-ethyl adjacent to an activating group) is 1. The third-order valence-electron chi connectivity index (χ3n) is 3.50. The van der Waals surface area contributed by atoms with Gasteiger partial charge in [0.05, 0.1) is 12.1 Å². The predicted octanol–water partition coefficient (Wildman–Crippen LogP) is 1.19. The summed E-state index contributed by atoms with van der Waals surface area (Å²) in [6, 6.07) is 7.63. The highest BCUT2D eigenvalue weighted by atomic mass is 127. The molecule has 1 heterocycles. The Morgan fingerprint density at radius 2 is 1.86 bits per heavy atom. The number of halogens is 1. The van der Waals surface area contributed by atoms with E-state index in [0.29, 0.717) is 26.2 Å². The summed E-state index contributed by atoms with van der Waals surface area (Å²) in [4.78, 5) is 28.0. The van der Waals surface area contributed by atoms with Crippen LogP contribution in [0.2, 0.25) is 0 Å². The molecular formula is C15H20IN3O2. The molecule has 5 nitrogen and oxygen atoms in total. The number of amides is 2. The molecule has 21 heavy (non-hydrogen) atoms. The Labute approximate surface area is 138 Å². The molecule has 1 N–H and O–H groups in total. The van der Waals surface area contributed by atoms with Crippen LogP contribution in [0, 0.1) is 3.57 Å². The van der Waals surface area contributed by atoms with Crippen molar-refractivity contribution in [2.45, 2.75) is 6.92 Å². The molecule has 1 aliphatic rings. The van der Waals surface area contributed by atoms with Crippen molar-refractivity contribution in [1.29, 1.82) is 0 Å². The van der Waals surface area contributed by atoms with Gasteiger partial charge in [0.1, 0.15) is 0 Å². The van der Waals surface area contributed by atoms with E-state index >= 15 is 0 Å². The van der Waals surface area contributed by atoms with Gasteiger partial charge in [0, 0.05) is 36.3 Å². The molecule has 0 unspecified atom stereocenters. The van der Waals surface area contributed by atoms with Crippen molar-refractivity contribution in [3.8, 4) is 0 Å². The highest BCUT2D eigenvalue weighted by Gasteiger charge is 2.24. The first-order chi connectivity index (χ1) is 10.1. The standard InChI is InChI=1S/C15H20IN3O2/c1-2-17-14(20)11-18-7-9-19(10-8-18)15(21)12-5-3-4-6-13(12)16/h3-6H,2,7-11H2,1H3,(H,17,20). The first-order valence-electron chi connectivity index (χ1n) is 7.14. The number of benzene rings is 1. The highest BCUT2D eigenvalue weighted by Crippen LogP contribution is 2.15. The summed E-state index contributed by atoms with van der Waals surface area (Å²) in [7, 11) is 0. The van der Waals surface area contributed by atoms with Crippen molar-refractivity contribution < 1.29 is 9.59 Å². The number of nitrogens with zero attached hydrogens (tertiary/aromatic N) is 2. The van der Waals surface area contributed by atoms with E-state index in [1.165, 1.54) is 0 Å². The smallest absolute Gasteiger partial charge is 0.255 e. The minimum Gasteiger partial charge on any atom is -0.355 e. The van der Waals surface area contributed by atoms with Gasteiger partial charge in [-0.2, -0.15) is 0 Å². The average Bonchev–Trinajstić information content (AvgIpc) is 2.48. The van der Waals surface area contributed by atoms with Crippen LogP contribution in [0.3, 0.4) is 0 Å². The maximum atomic E-state index is 12.5. The zero-order valence-electron chi connectivity index (χ0n) is 12.1. The van der Waals surface area contributed by atoms with Gasteiger partial charge in [-0.1, -0.05) is 12.1 Å². The SMILES string of the molecule is CCNC(=O)CN1CCN(C(=O)c2ccccc2I)CC1. The molecule has 1 aromatic rings. The van der Waals surface area contributed by atoms with Gasteiger partial charge in [0.15, 0.2) is 0 Å². The van der Waals surface area contributed by atoms with Crippen molar-refractivity contribution in [1.82, 2.24) is 15.1 Å². The quantitative estimate of drug-likeness (QED) is 0.772. The van der Waals surface area contributed by atoms with Crippen LogP contribution < -0.4 is 5.32 Å². The summed E-state index contributed by atoms with van der Waals surface area (Å²) in [5, 5.41) is 2.80. The van der Waals surface area contributed by atoms with Crippen molar-refractivity contribution in [3.05, 3.63) is 33.4 Å². The van der Waals surface area contributed by atoms with Gasteiger partial charge in [0.2, 0.25) is 5.91 Å². The molecular weight excluding hydrogens is 381 g/mol. The Hall–Kier alpha value is -1.15. The minimum atomic E-state index is 0.0508. The Balaban J connectivity index is 1.88. The lowest BCUT2D eigenvalue weighted by Crippen LogP contribution is -2.51. The molecule has 6 heteroatoms. The second-order valence-electron chi connectivity index (χ2n) is 5.00. The van der Waals surface area contributed by atoms with Crippen LogP contribution in [0.1, 0.15) is 17.3 Å². The molecule has 1 aliphatic heterocycles. The number of nitrogens with one attached hydrogen (secondary N) is 1. The highest BCUT2D eigenvalue weighted by molar-refractivity contribution is 14.1. The molecule has 0 radical (unpaired) electrons. The maximum Gasteiger partial charge on any atom is 0.255 e. The number of piperazine rings is 1. The molecule has 1 saturated heterocycles. The van der Waals surface area contributed by atoms with Crippen molar-refractivity contribution in [2.24, 2.45) is 0 Å². The number of rotatable bonds is 4.